The number of hydrogen-bond donors (Lipinski definition) is 0. The van der Waals surface area contributed by atoms with Crippen LogP contribution in [0.4, 0.5) is 0 Å². The molecule has 2 nitrogen and oxygen atoms in total. The lowest BCUT2D eigenvalue weighted by atomic mass is 9.80. The highest BCUT2D eigenvalue weighted by atomic mass is 35.5. The molecule has 0 radical (unpaired) electrons. The van der Waals surface area contributed by atoms with E-state index in [1.54, 1.807) is 24.3 Å². The van der Waals surface area contributed by atoms with Gasteiger partial charge in [-0.25, -0.2) is 4.79 Å². The van der Waals surface area contributed by atoms with Crippen molar-refractivity contribution in [1.82, 2.24) is 0 Å². The van der Waals surface area contributed by atoms with Crippen LogP contribution in [0.2, 0.25) is 5.02 Å². The number of fused-ring (bicyclic) bond motifs is 1. The highest BCUT2D eigenvalue weighted by Crippen LogP contribution is 2.38. The Morgan fingerprint density at radius 2 is 1.62 bits per heavy atom. The fourth-order valence-corrected chi connectivity index (χ4v) is 4.08. The van der Waals surface area contributed by atoms with E-state index in [-0.39, 0.29) is 18.0 Å². The van der Waals surface area contributed by atoms with E-state index in [9.17, 15) is 4.79 Å². The molecule has 1 fully saturated rings. The summed E-state index contributed by atoms with van der Waals surface area (Å²) in [5.74, 6) is -0.0232. The van der Waals surface area contributed by atoms with Crippen LogP contribution in [-0.4, -0.2) is 12.1 Å². The highest BCUT2D eigenvalue weighted by Gasteiger charge is 2.30. The fraction of sp³-hybridized carbons (Fsp3) is 0.261. The molecule has 0 saturated heterocycles. The van der Waals surface area contributed by atoms with E-state index in [2.05, 4.69) is 42.5 Å². The summed E-state index contributed by atoms with van der Waals surface area (Å²) in [5.41, 5.74) is 1.84. The number of esters is 1. The molecule has 0 heterocycles. The summed E-state index contributed by atoms with van der Waals surface area (Å²) < 4.78 is 5.95. The Bertz CT molecular complexity index is 912. The van der Waals surface area contributed by atoms with Crippen molar-refractivity contribution in [3.05, 3.63) is 82.9 Å². The van der Waals surface area contributed by atoms with Gasteiger partial charge in [0.15, 0.2) is 0 Å². The summed E-state index contributed by atoms with van der Waals surface area (Å²) in [6.45, 7) is 0. The van der Waals surface area contributed by atoms with Gasteiger partial charge in [-0.15, -0.1) is 0 Å². The fourth-order valence-electron chi connectivity index (χ4n) is 3.96. The van der Waals surface area contributed by atoms with Crippen LogP contribution < -0.4 is 0 Å². The number of hydrogen-bond acceptors (Lipinski definition) is 2. The van der Waals surface area contributed by atoms with Crippen LogP contribution in [0.3, 0.4) is 0 Å². The van der Waals surface area contributed by atoms with Crippen molar-refractivity contribution in [3.8, 4) is 0 Å². The molecule has 0 aliphatic heterocycles. The lowest BCUT2D eigenvalue weighted by molar-refractivity contribution is 0.0144. The van der Waals surface area contributed by atoms with E-state index in [0.29, 0.717) is 10.6 Å². The van der Waals surface area contributed by atoms with E-state index in [4.69, 9.17) is 16.3 Å². The number of carbonyl (C=O) groups excluding carboxylic acids is 1. The zero-order chi connectivity index (χ0) is 17.9. The van der Waals surface area contributed by atoms with E-state index in [1.165, 1.54) is 22.8 Å². The van der Waals surface area contributed by atoms with Crippen molar-refractivity contribution < 1.29 is 9.53 Å². The van der Waals surface area contributed by atoms with Crippen molar-refractivity contribution in [1.29, 1.82) is 0 Å². The third kappa shape index (κ3) is 3.47. The van der Waals surface area contributed by atoms with Gasteiger partial charge in [-0.1, -0.05) is 60.5 Å². The third-order valence-corrected chi connectivity index (χ3v) is 5.52. The lowest BCUT2D eigenvalue weighted by Gasteiger charge is -2.32. The molecule has 3 aromatic rings. The van der Waals surface area contributed by atoms with Crippen LogP contribution in [0.5, 0.6) is 0 Å². The Kier molecular flexibility index (Phi) is 4.94. The number of benzene rings is 3. The first-order valence-electron chi connectivity index (χ1n) is 9.16. The molecule has 1 saturated carbocycles. The maximum Gasteiger partial charge on any atom is 0.338 e. The van der Waals surface area contributed by atoms with Gasteiger partial charge in [-0.2, -0.15) is 0 Å². The largest absolute Gasteiger partial charge is 0.458 e. The summed E-state index contributed by atoms with van der Waals surface area (Å²) in [4.78, 5) is 12.6. The first-order chi connectivity index (χ1) is 12.7. The molecule has 26 heavy (non-hydrogen) atoms. The van der Waals surface area contributed by atoms with Crippen LogP contribution in [0.15, 0.2) is 66.7 Å². The van der Waals surface area contributed by atoms with Gasteiger partial charge in [0.2, 0.25) is 0 Å². The predicted molar refractivity (Wildman–Crippen MR) is 106 cm³/mol. The average Bonchev–Trinajstić information content (AvgIpc) is 2.68. The standard InChI is InChI=1S/C23H21ClO2/c24-18-14-12-17(13-15-18)23(25)26-22-11-4-3-9-21(22)20-10-5-7-16-6-1-2-8-19(16)20/h1-2,5-8,10,12-15,21-22H,3-4,9,11H2/t21-,22-/m0/s1. The lowest BCUT2D eigenvalue weighted by Crippen LogP contribution is -2.28. The zero-order valence-electron chi connectivity index (χ0n) is 14.5. The van der Waals surface area contributed by atoms with Crippen molar-refractivity contribution in [2.24, 2.45) is 0 Å². The molecule has 0 amide bonds. The first kappa shape index (κ1) is 17.1. The molecule has 4 rings (SSSR count). The molecular formula is C23H21ClO2. The molecular weight excluding hydrogens is 344 g/mol. The first-order valence-corrected chi connectivity index (χ1v) is 9.54. The Labute approximate surface area is 158 Å². The summed E-state index contributed by atoms with van der Waals surface area (Å²) in [6.07, 6.45) is 4.14. The Hall–Kier alpha value is -2.32. The SMILES string of the molecule is O=C(O[C@H]1CCCC[C@H]1c1cccc2ccccc12)c1ccc(Cl)cc1. The number of halogens is 1. The van der Waals surface area contributed by atoms with Crippen LogP contribution in [0.25, 0.3) is 10.8 Å². The molecule has 1 aliphatic carbocycles. The molecule has 3 aromatic carbocycles. The maximum absolute atomic E-state index is 12.6. The third-order valence-electron chi connectivity index (χ3n) is 5.26. The Morgan fingerprint density at radius 1 is 0.885 bits per heavy atom. The molecule has 3 heteroatoms. The predicted octanol–water partition coefficient (Wildman–Crippen LogP) is 6.38. The van der Waals surface area contributed by atoms with Gasteiger partial charge in [0.1, 0.15) is 6.10 Å². The van der Waals surface area contributed by atoms with Crippen LogP contribution in [0.1, 0.15) is 47.5 Å². The second-order valence-corrected chi connectivity index (χ2v) is 7.35. The minimum Gasteiger partial charge on any atom is -0.458 e. The van der Waals surface area contributed by atoms with Crippen LogP contribution >= 0.6 is 11.6 Å². The molecule has 0 bridgehead atoms. The normalized spacial score (nSPS) is 20.0. The summed E-state index contributed by atoms with van der Waals surface area (Å²) in [6, 6.07) is 21.7. The number of rotatable bonds is 3. The molecule has 0 unspecified atom stereocenters. The van der Waals surface area contributed by atoms with E-state index >= 15 is 0 Å². The van der Waals surface area contributed by atoms with Gasteiger partial charge in [-0.05, 0) is 59.9 Å². The van der Waals surface area contributed by atoms with Crippen molar-refractivity contribution in [2.75, 3.05) is 0 Å². The average molecular weight is 365 g/mol. The highest BCUT2D eigenvalue weighted by molar-refractivity contribution is 6.30. The van der Waals surface area contributed by atoms with Crippen molar-refractivity contribution >= 4 is 28.3 Å². The summed E-state index contributed by atoms with van der Waals surface area (Å²) in [7, 11) is 0. The van der Waals surface area contributed by atoms with Gasteiger partial charge in [0.25, 0.3) is 0 Å². The monoisotopic (exact) mass is 364 g/mol. The maximum atomic E-state index is 12.6. The molecule has 2 atom stereocenters. The van der Waals surface area contributed by atoms with Gasteiger partial charge >= 0.3 is 5.97 Å². The van der Waals surface area contributed by atoms with Gasteiger partial charge in [0, 0.05) is 10.9 Å². The van der Waals surface area contributed by atoms with Crippen molar-refractivity contribution in [3.63, 3.8) is 0 Å². The molecule has 132 valence electrons. The Balaban J connectivity index is 1.62. The molecule has 0 spiro atoms. The molecule has 0 N–H and O–H groups in total. The van der Waals surface area contributed by atoms with E-state index in [0.717, 1.165) is 19.3 Å². The smallest absolute Gasteiger partial charge is 0.338 e. The molecule has 1 aliphatic rings. The van der Waals surface area contributed by atoms with Crippen LogP contribution in [0, 0.1) is 0 Å². The van der Waals surface area contributed by atoms with Gasteiger partial charge in [-0.3, -0.25) is 0 Å². The minimum atomic E-state index is -0.265. The van der Waals surface area contributed by atoms with Gasteiger partial charge in [0.05, 0.1) is 5.56 Å². The van der Waals surface area contributed by atoms with E-state index in [1.807, 2.05) is 0 Å². The second-order valence-electron chi connectivity index (χ2n) is 6.91. The molecule has 0 aromatic heterocycles. The topological polar surface area (TPSA) is 26.3 Å². The summed E-state index contributed by atoms with van der Waals surface area (Å²) >= 11 is 5.91. The quantitative estimate of drug-likeness (QED) is 0.504. The number of carbonyl (C=O) groups is 1. The minimum absolute atomic E-state index is 0.0854. The van der Waals surface area contributed by atoms with Crippen LogP contribution in [-0.2, 0) is 4.74 Å². The number of ether oxygens (including phenoxy) is 1. The Morgan fingerprint density at radius 3 is 2.46 bits per heavy atom. The van der Waals surface area contributed by atoms with E-state index < -0.39 is 0 Å². The zero-order valence-corrected chi connectivity index (χ0v) is 15.3. The van der Waals surface area contributed by atoms with Crippen molar-refractivity contribution in [2.45, 2.75) is 37.7 Å². The van der Waals surface area contributed by atoms with Gasteiger partial charge < -0.3 is 4.74 Å². The second kappa shape index (κ2) is 7.51. The summed E-state index contributed by atoms with van der Waals surface area (Å²) in [5, 5.41) is 3.11.